The number of hydrogen-bond donors (Lipinski definition) is 3. The van der Waals surface area contributed by atoms with Gasteiger partial charge in [0.25, 0.3) is 0 Å². The number of likely N-dealkylation sites (N-methyl/N-ethyl adjacent to an activating group) is 1. The van der Waals surface area contributed by atoms with Gasteiger partial charge in [-0.05, 0) is 55.9 Å². The molecule has 0 bridgehead atoms. The van der Waals surface area contributed by atoms with E-state index in [-0.39, 0.29) is 17.5 Å². The third kappa shape index (κ3) is 7.76. The van der Waals surface area contributed by atoms with Crippen LogP contribution in [0.15, 0.2) is 42.5 Å². The van der Waals surface area contributed by atoms with Crippen LogP contribution in [-0.4, -0.2) is 41.8 Å². The van der Waals surface area contributed by atoms with E-state index in [4.69, 9.17) is 11.6 Å². The van der Waals surface area contributed by atoms with Crippen molar-refractivity contribution in [2.24, 2.45) is 0 Å². The van der Waals surface area contributed by atoms with Crippen LogP contribution >= 0.6 is 11.6 Å². The molecule has 0 saturated heterocycles. The molecule has 3 N–H and O–H groups in total. The lowest BCUT2D eigenvalue weighted by atomic mass is 10.1. The van der Waals surface area contributed by atoms with E-state index >= 15 is 0 Å². The Labute approximate surface area is 194 Å². The predicted octanol–water partition coefficient (Wildman–Crippen LogP) is 4.60. The number of nitrogens with one attached hydrogen (secondary N) is 3. The summed E-state index contributed by atoms with van der Waals surface area (Å²) < 4.78 is 39.8. The zero-order valence-corrected chi connectivity index (χ0v) is 19.0. The summed E-state index contributed by atoms with van der Waals surface area (Å²) in [7, 11) is 0. The first-order chi connectivity index (χ1) is 15.4. The number of rotatable bonds is 8. The Morgan fingerprint density at radius 2 is 1.58 bits per heavy atom. The standard InChI is InChI=1S/C22H24ClF3N4O3/c1-4-30(12-20(32)28-17-8-6-16(7-9-17)27-14(3)31)13(2)21(33)29-19-10-5-15(23)11-18(19)22(24,25)26/h5-11,13H,4,12H2,1-3H3,(H,27,31)(H,28,32)(H,29,33)/t13-/m1/s1. The fraction of sp³-hybridized carbons (Fsp3) is 0.318. The van der Waals surface area contributed by atoms with E-state index in [0.717, 1.165) is 12.1 Å². The Balaban J connectivity index is 2.03. The molecular weight excluding hydrogens is 461 g/mol. The average molecular weight is 485 g/mol. The molecule has 178 valence electrons. The summed E-state index contributed by atoms with van der Waals surface area (Å²) in [5.74, 6) is -1.33. The van der Waals surface area contributed by atoms with Crippen LogP contribution in [0.4, 0.5) is 30.2 Å². The Morgan fingerprint density at radius 3 is 2.09 bits per heavy atom. The molecule has 0 aliphatic heterocycles. The minimum Gasteiger partial charge on any atom is -0.326 e. The number of hydrogen-bond acceptors (Lipinski definition) is 4. The van der Waals surface area contributed by atoms with Gasteiger partial charge < -0.3 is 16.0 Å². The summed E-state index contributed by atoms with van der Waals surface area (Å²) in [6, 6.07) is 8.64. The minimum atomic E-state index is -4.70. The van der Waals surface area contributed by atoms with Crippen LogP contribution < -0.4 is 16.0 Å². The third-order valence-electron chi connectivity index (χ3n) is 4.71. The van der Waals surface area contributed by atoms with Crippen molar-refractivity contribution in [3.05, 3.63) is 53.1 Å². The van der Waals surface area contributed by atoms with Crippen molar-refractivity contribution >= 4 is 46.4 Å². The van der Waals surface area contributed by atoms with Crippen molar-refractivity contribution in [2.75, 3.05) is 29.0 Å². The van der Waals surface area contributed by atoms with Crippen LogP contribution in [0.25, 0.3) is 0 Å². The zero-order valence-electron chi connectivity index (χ0n) is 18.2. The highest BCUT2D eigenvalue weighted by Crippen LogP contribution is 2.36. The Morgan fingerprint density at radius 1 is 1.00 bits per heavy atom. The first kappa shape index (κ1) is 26.1. The van der Waals surface area contributed by atoms with Gasteiger partial charge in [0.2, 0.25) is 17.7 Å². The van der Waals surface area contributed by atoms with E-state index in [1.807, 2.05) is 0 Å². The van der Waals surface area contributed by atoms with Gasteiger partial charge in [-0.25, -0.2) is 0 Å². The smallest absolute Gasteiger partial charge is 0.326 e. The van der Waals surface area contributed by atoms with Crippen LogP contribution in [0.2, 0.25) is 5.02 Å². The highest BCUT2D eigenvalue weighted by molar-refractivity contribution is 6.30. The van der Waals surface area contributed by atoms with Crippen LogP contribution in [0.1, 0.15) is 26.3 Å². The van der Waals surface area contributed by atoms with E-state index in [9.17, 15) is 27.6 Å². The summed E-state index contributed by atoms with van der Waals surface area (Å²) in [5, 5.41) is 7.46. The molecule has 1 atom stereocenters. The maximum absolute atomic E-state index is 13.3. The third-order valence-corrected chi connectivity index (χ3v) is 4.95. The van der Waals surface area contributed by atoms with Gasteiger partial charge >= 0.3 is 6.18 Å². The SMILES string of the molecule is CCN(CC(=O)Nc1ccc(NC(C)=O)cc1)[C@H](C)C(=O)Nc1ccc(Cl)cc1C(F)(F)F. The Bertz CT molecular complexity index is 1010. The summed E-state index contributed by atoms with van der Waals surface area (Å²) >= 11 is 5.67. The molecule has 0 heterocycles. The lowest BCUT2D eigenvalue weighted by molar-refractivity contribution is -0.137. The lowest BCUT2D eigenvalue weighted by Crippen LogP contribution is -2.45. The minimum absolute atomic E-state index is 0.106. The van der Waals surface area contributed by atoms with Crippen LogP contribution in [0.5, 0.6) is 0 Å². The molecule has 2 aromatic carbocycles. The second-order valence-electron chi connectivity index (χ2n) is 7.22. The number of halogens is 4. The summed E-state index contributed by atoms with van der Waals surface area (Å²) in [4.78, 5) is 37.6. The molecule has 0 aromatic heterocycles. The van der Waals surface area contributed by atoms with Gasteiger partial charge in [-0.3, -0.25) is 19.3 Å². The molecule has 2 aromatic rings. The van der Waals surface area contributed by atoms with E-state index in [0.29, 0.717) is 17.9 Å². The molecule has 0 spiro atoms. The predicted molar refractivity (Wildman–Crippen MR) is 121 cm³/mol. The zero-order chi connectivity index (χ0) is 24.8. The van der Waals surface area contributed by atoms with E-state index < -0.39 is 35.3 Å². The highest BCUT2D eigenvalue weighted by Gasteiger charge is 2.35. The van der Waals surface area contributed by atoms with Crippen molar-refractivity contribution < 1.29 is 27.6 Å². The lowest BCUT2D eigenvalue weighted by Gasteiger charge is -2.26. The highest BCUT2D eigenvalue weighted by atomic mass is 35.5. The van der Waals surface area contributed by atoms with Crippen LogP contribution in [-0.2, 0) is 20.6 Å². The van der Waals surface area contributed by atoms with Gasteiger partial charge in [-0.2, -0.15) is 13.2 Å². The van der Waals surface area contributed by atoms with Crippen LogP contribution in [0.3, 0.4) is 0 Å². The fourth-order valence-electron chi connectivity index (χ4n) is 3.01. The molecule has 0 radical (unpaired) electrons. The Kier molecular flexibility index (Phi) is 8.84. The largest absolute Gasteiger partial charge is 0.418 e. The van der Waals surface area contributed by atoms with Crippen molar-refractivity contribution in [1.82, 2.24) is 4.90 Å². The summed E-state index contributed by atoms with van der Waals surface area (Å²) in [6.07, 6.45) is -4.70. The van der Waals surface area contributed by atoms with Gasteiger partial charge in [0.1, 0.15) is 0 Å². The number of amides is 3. The normalized spacial score (nSPS) is 12.2. The molecule has 0 aliphatic rings. The summed E-state index contributed by atoms with van der Waals surface area (Å²) in [5.41, 5.74) is -0.415. The molecule has 33 heavy (non-hydrogen) atoms. The summed E-state index contributed by atoms with van der Waals surface area (Å²) in [6.45, 7) is 4.74. The number of anilines is 3. The van der Waals surface area contributed by atoms with Crippen molar-refractivity contribution in [3.8, 4) is 0 Å². The molecule has 11 heteroatoms. The number of nitrogens with zero attached hydrogens (tertiary/aromatic N) is 1. The number of carbonyl (C=O) groups excluding carboxylic acids is 3. The second-order valence-corrected chi connectivity index (χ2v) is 7.66. The maximum Gasteiger partial charge on any atom is 0.418 e. The van der Waals surface area contributed by atoms with Gasteiger partial charge in [0, 0.05) is 23.3 Å². The molecule has 0 saturated carbocycles. The Hall–Kier alpha value is -3.11. The number of benzene rings is 2. The molecule has 2 rings (SSSR count). The van der Waals surface area contributed by atoms with Crippen LogP contribution in [0, 0.1) is 0 Å². The first-order valence-electron chi connectivity index (χ1n) is 10.00. The van der Waals surface area contributed by atoms with Crippen molar-refractivity contribution in [2.45, 2.75) is 33.0 Å². The second kappa shape index (κ2) is 11.2. The molecular formula is C22H24ClF3N4O3. The van der Waals surface area contributed by atoms with Crippen molar-refractivity contribution in [1.29, 1.82) is 0 Å². The number of alkyl halides is 3. The topological polar surface area (TPSA) is 90.5 Å². The number of carbonyl (C=O) groups is 3. The fourth-order valence-corrected chi connectivity index (χ4v) is 3.18. The van der Waals surface area contributed by atoms with Gasteiger partial charge in [-0.1, -0.05) is 18.5 Å². The molecule has 3 amide bonds. The van der Waals surface area contributed by atoms with E-state index in [2.05, 4.69) is 16.0 Å². The van der Waals surface area contributed by atoms with Gasteiger partial charge in [0.05, 0.1) is 23.8 Å². The maximum atomic E-state index is 13.3. The molecule has 0 fully saturated rings. The molecule has 7 nitrogen and oxygen atoms in total. The van der Waals surface area contributed by atoms with E-state index in [1.165, 1.54) is 24.8 Å². The average Bonchev–Trinajstić information content (AvgIpc) is 2.73. The van der Waals surface area contributed by atoms with E-state index in [1.54, 1.807) is 31.2 Å². The van der Waals surface area contributed by atoms with Gasteiger partial charge in [0.15, 0.2) is 0 Å². The monoisotopic (exact) mass is 484 g/mol. The first-order valence-corrected chi connectivity index (χ1v) is 10.4. The quantitative estimate of drug-likeness (QED) is 0.510. The van der Waals surface area contributed by atoms with Crippen molar-refractivity contribution in [3.63, 3.8) is 0 Å². The molecule has 0 aliphatic carbocycles. The molecule has 0 unspecified atom stereocenters. The van der Waals surface area contributed by atoms with Gasteiger partial charge in [-0.15, -0.1) is 0 Å².